The van der Waals surface area contributed by atoms with Crippen molar-refractivity contribution in [1.29, 1.82) is 0 Å². The largest absolute Gasteiger partial charge is 0.419 e. The maximum atomic E-state index is 12.3. The highest BCUT2D eigenvalue weighted by molar-refractivity contribution is 5.35. The highest BCUT2D eigenvalue weighted by Gasteiger charge is 2.63. The van der Waals surface area contributed by atoms with E-state index >= 15 is 0 Å². The van der Waals surface area contributed by atoms with Gasteiger partial charge in [0.1, 0.15) is 0 Å². The molecule has 0 amide bonds. The molecule has 0 aliphatic heterocycles. The van der Waals surface area contributed by atoms with Crippen LogP contribution in [-0.4, -0.2) is 30.4 Å². The number of hydrogen-bond acceptors (Lipinski definition) is 4. The van der Waals surface area contributed by atoms with Crippen LogP contribution in [0.4, 0.5) is 22.0 Å². The fourth-order valence-electron chi connectivity index (χ4n) is 0.402. The van der Waals surface area contributed by atoms with Crippen LogP contribution in [0, 0.1) is 0 Å². The fourth-order valence-corrected chi connectivity index (χ4v) is 0.402. The van der Waals surface area contributed by atoms with Crippen molar-refractivity contribution in [2.75, 3.05) is 0 Å². The normalized spacial score (nSPS) is 13.8. The Morgan fingerprint density at radius 3 is 1.93 bits per heavy atom. The van der Waals surface area contributed by atoms with Crippen LogP contribution >= 0.6 is 0 Å². The van der Waals surface area contributed by atoms with Gasteiger partial charge in [0.25, 0.3) is 6.30 Å². The summed E-state index contributed by atoms with van der Waals surface area (Å²) in [5.41, 5.74) is 0. The molecule has 78 valence electrons. The SMILES string of the molecule is O=C=NC(F)C(F)(F)C(F)(F)N=C=O. The van der Waals surface area contributed by atoms with E-state index in [1.54, 1.807) is 4.99 Å². The number of isocyanates is 2. The maximum Gasteiger partial charge on any atom is 0.419 e. The van der Waals surface area contributed by atoms with Gasteiger partial charge in [0.05, 0.1) is 0 Å². The Kier molecular flexibility index (Phi) is 3.62. The molecule has 0 aliphatic rings. The zero-order chi connectivity index (χ0) is 11.4. The molecule has 9 heteroatoms. The molecule has 0 bridgehead atoms. The van der Waals surface area contributed by atoms with E-state index in [-0.39, 0.29) is 6.08 Å². The third-order valence-electron chi connectivity index (χ3n) is 1.05. The third-order valence-corrected chi connectivity index (χ3v) is 1.05. The molecule has 14 heavy (non-hydrogen) atoms. The summed E-state index contributed by atoms with van der Waals surface area (Å²) in [6, 6.07) is -5.31. The van der Waals surface area contributed by atoms with E-state index < -0.39 is 18.3 Å². The summed E-state index contributed by atoms with van der Waals surface area (Å²) in [4.78, 5) is 21.8. The average Bonchev–Trinajstić information content (AvgIpc) is 2.04. The van der Waals surface area contributed by atoms with Crippen LogP contribution in [0.25, 0.3) is 0 Å². The summed E-state index contributed by atoms with van der Waals surface area (Å²) >= 11 is 0. The Morgan fingerprint density at radius 1 is 1.07 bits per heavy atom. The lowest BCUT2D eigenvalue weighted by Gasteiger charge is -2.21. The van der Waals surface area contributed by atoms with Crippen molar-refractivity contribution >= 4 is 12.2 Å². The molecule has 0 aromatic carbocycles. The van der Waals surface area contributed by atoms with E-state index in [1.807, 2.05) is 0 Å². The van der Waals surface area contributed by atoms with Gasteiger partial charge in [-0.3, -0.25) is 0 Å². The summed E-state index contributed by atoms with van der Waals surface area (Å²) in [7, 11) is 0. The van der Waals surface area contributed by atoms with Crippen LogP contribution < -0.4 is 0 Å². The summed E-state index contributed by atoms with van der Waals surface area (Å²) in [6.07, 6.45) is -3.34. The van der Waals surface area contributed by atoms with Gasteiger partial charge in [-0.05, 0) is 0 Å². The number of carbonyl (C=O) groups excluding carboxylic acids is 2. The Hall–Kier alpha value is -1.59. The molecule has 0 saturated heterocycles. The van der Waals surface area contributed by atoms with Crippen LogP contribution in [-0.2, 0) is 9.59 Å². The lowest BCUT2D eigenvalue weighted by molar-refractivity contribution is -0.232. The van der Waals surface area contributed by atoms with E-state index in [0.717, 1.165) is 0 Å². The van der Waals surface area contributed by atoms with Crippen LogP contribution in [0.5, 0.6) is 0 Å². The van der Waals surface area contributed by atoms with Gasteiger partial charge in [-0.2, -0.15) is 22.6 Å². The highest BCUT2D eigenvalue weighted by Crippen LogP contribution is 2.39. The molecule has 0 rings (SSSR count). The van der Waals surface area contributed by atoms with Crippen molar-refractivity contribution in [3.05, 3.63) is 0 Å². The zero-order valence-corrected chi connectivity index (χ0v) is 6.18. The Bertz CT molecular complexity index is 305. The number of nitrogens with zero attached hydrogens (tertiary/aromatic N) is 2. The van der Waals surface area contributed by atoms with E-state index in [9.17, 15) is 31.5 Å². The molecule has 0 spiro atoms. The Morgan fingerprint density at radius 2 is 1.57 bits per heavy atom. The maximum absolute atomic E-state index is 12.3. The summed E-state index contributed by atoms with van der Waals surface area (Å²) in [6.45, 7) is 0. The van der Waals surface area contributed by atoms with Gasteiger partial charge in [0, 0.05) is 0 Å². The number of rotatable bonds is 4. The van der Waals surface area contributed by atoms with Gasteiger partial charge < -0.3 is 0 Å². The van der Waals surface area contributed by atoms with E-state index in [2.05, 4.69) is 0 Å². The minimum absolute atomic E-state index is 0.149. The lowest BCUT2D eigenvalue weighted by Crippen LogP contribution is -2.45. The van der Waals surface area contributed by atoms with Crippen molar-refractivity contribution in [3.8, 4) is 0 Å². The number of halogens is 5. The molecule has 1 atom stereocenters. The molecule has 0 aromatic heterocycles. The average molecular weight is 216 g/mol. The summed E-state index contributed by atoms with van der Waals surface area (Å²) < 4.78 is 61.1. The van der Waals surface area contributed by atoms with Gasteiger partial charge >= 0.3 is 12.0 Å². The van der Waals surface area contributed by atoms with E-state index in [0.29, 0.717) is 6.08 Å². The molecule has 0 radical (unpaired) electrons. The van der Waals surface area contributed by atoms with Crippen molar-refractivity contribution < 1.29 is 31.5 Å². The second-order valence-electron chi connectivity index (χ2n) is 1.92. The topological polar surface area (TPSA) is 58.9 Å². The highest BCUT2D eigenvalue weighted by atomic mass is 19.3. The third kappa shape index (κ3) is 2.21. The Balaban J connectivity index is 5.11. The predicted octanol–water partition coefficient (Wildman–Crippen LogP) is 1.18. The fraction of sp³-hybridized carbons (Fsp3) is 0.600. The first kappa shape index (κ1) is 12.4. The van der Waals surface area contributed by atoms with Crippen molar-refractivity contribution in [2.24, 2.45) is 9.98 Å². The minimum atomic E-state index is -5.40. The molecular formula is C5HF5N2O2. The van der Waals surface area contributed by atoms with Crippen molar-refractivity contribution in [1.82, 2.24) is 0 Å². The molecule has 0 N–H and O–H groups in total. The number of hydrogen-bond donors (Lipinski definition) is 0. The van der Waals surface area contributed by atoms with Crippen LogP contribution in [0.3, 0.4) is 0 Å². The van der Waals surface area contributed by atoms with E-state index in [1.165, 1.54) is 4.99 Å². The summed E-state index contributed by atoms with van der Waals surface area (Å²) in [5.74, 6) is -5.40. The summed E-state index contributed by atoms with van der Waals surface area (Å²) in [5, 5.41) is 0. The molecule has 0 saturated carbocycles. The van der Waals surface area contributed by atoms with Crippen LogP contribution in [0.15, 0.2) is 9.98 Å². The second-order valence-corrected chi connectivity index (χ2v) is 1.92. The predicted molar refractivity (Wildman–Crippen MR) is 31.0 cm³/mol. The number of aliphatic imine (C=N–C) groups is 2. The van der Waals surface area contributed by atoms with Crippen molar-refractivity contribution in [2.45, 2.75) is 18.3 Å². The Labute approximate surface area is 73.1 Å². The molecule has 4 nitrogen and oxygen atoms in total. The first-order chi connectivity index (χ1) is 6.29. The first-order valence-electron chi connectivity index (χ1n) is 2.85. The minimum Gasteiger partial charge on any atom is -0.214 e. The van der Waals surface area contributed by atoms with Gasteiger partial charge in [-0.1, -0.05) is 0 Å². The second kappa shape index (κ2) is 4.08. The lowest BCUT2D eigenvalue weighted by atomic mass is 10.2. The standard InChI is InChI=1S/C5HF5N2O2/c6-3(11-1-13)4(7,8)5(9,10)12-2-14/h3H. The molecule has 0 aromatic rings. The van der Waals surface area contributed by atoms with Gasteiger partial charge in [0.2, 0.25) is 12.2 Å². The molecule has 0 heterocycles. The molecular weight excluding hydrogens is 215 g/mol. The van der Waals surface area contributed by atoms with Gasteiger partial charge in [-0.25, -0.2) is 14.0 Å². The monoisotopic (exact) mass is 216 g/mol. The quantitative estimate of drug-likeness (QED) is 0.306. The molecule has 0 fully saturated rings. The van der Waals surface area contributed by atoms with E-state index in [4.69, 9.17) is 0 Å². The van der Waals surface area contributed by atoms with Gasteiger partial charge in [0.15, 0.2) is 0 Å². The molecule has 1 unspecified atom stereocenters. The van der Waals surface area contributed by atoms with Crippen LogP contribution in [0.1, 0.15) is 0 Å². The zero-order valence-electron chi connectivity index (χ0n) is 6.18. The van der Waals surface area contributed by atoms with Crippen molar-refractivity contribution in [3.63, 3.8) is 0 Å². The van der Waals surface area contributed by atoms with Crippen LogP contribution in [0.2, 0.25) is 0 Å². The van der Waals surface area contributed by atoms with Gasteiger partial charge in [-0.15, -0.1) is 4.99 Å². The molecule has 0 aliphatic carbocycles. The number of alkyl halides is 5. The first-order valence-corrected chi connectivity index (χ1v) is 2.85. The smallest absolute Gasteiger partial charge is 0.214 e.